The van der Waals surface area contributed by atoms with Gasteiger partial charge in [0.1, 0.15) is 19.3 Å². The molecule has 0 spiro atoms. The lowest BCUT2D eigenvalue weighted by molar-refractivity contribution is -0.152. The van der Waals surface area contributed by atoms with Gasteiger partial charge in [-0.05, 0) is 107 Å². The SMILES string of the molecule is C=C(C)C(=O)OCCOC(=O)CCCCC(=O)OC1CCC(C2CCC(c3cc(F)c(F)c(F)c3)CC2)CC1. The highest BCUT2D eigenvalue weighted by molar-refractivity contribution is 5.86. The van der Waals surface area contributed by atoms with E-state index in [1.807, 2.05) is 0 Å². The number of unbranched alkanes of at least 4 members (excludes halogenated alkanes) is 1. The maximum atomic E-state index is 13.6. The summed E-state index contributed by atoms with van der Waals surface area (Å²) in [4.78, 5) is 35.2. The highest BCUT2D eigenvalue weighted by Gasteiger charge is 2.32. The van der Waals surface area contributed by atoms with Gasteiger partial charge in [-0.25, -0.2) is 18.0 Å². The molecule has 0 radical (unpaired) electrons. The summed E-state index contributed by atoms with van der Waals surface area (Å²) in [5.41, 5.74) is 0.821. The van der Waals surface area contributed by atoms with E-state index < -0.39 is 29.4 Å². The maximum Gasteiger partial charge on any atom is 0.333 e. The molecule has 0 atom stereocenters. The minimum atomic E-state index is -1.41. The minimum absolute atomic E-state index is 0.0157. The number of carbonyl (C=O) groups is 3. The quantitative estimate of drug-likeness (QED) is 0.0944. The first-order chi connectivity index (χ1) is 18.6. The average Bonchev–Trinajstić information content (AvgIpc) is 2.92. The third-order valence-electron chi connectivity index (χ3n) is 7.87. The summed E-state index contributed by atoms with van der Waals surface area (Å²) in [5, 5.41) is 0. The predicted molar refractivity (Wildman–Crippen MR) is 138 cm³/mol. The van der Waals surface area contributed by atoms with Crippen LogP contribution in [0.15, 0.2) is 24.3 Å². The van der Waals surface area contributed by atoms with Gasteiger partial charge in [-0.3, -0.25) is 9.59 Å². The van der Waals surface area contributed by atoms with Crippen molar-refractivity contribution in [1.82, 2.24) is 0 Å². The molecule has 2 saturated carbocycles. The lowest BCUT2D eigenvalue weighted by atomic mass is 9.69. The molecule has 0 aromatic heterocycles. The number of halogens is 3. The average molecular weight is 553 g/mol. The number of hydrogen-bond acceptors (Lipinski definition) is 6. The molecule has 2 aliphatic carbocycles. The lowest BCUT2D eigenvalue weighted by Crippen LogP contribution is -2.29. The van der Waals surface area contributed by atoms with Crippen LogP contribution in [0.2, 0.25) is 0 Å². The van der Waals surface area contributed by atoms with Crippen molar-refractivity contribution in [3.8, 4) is 0 Å². The second kappa shape index (κ2) is 15.1. The summed E-state index contributed by atoms with van der Waals surface area (Å²) in [6.45, 7) is 4.96. The zero-order valence-corrected chi connectivity index (χ0v) is 22.7. The standard InChI is InChI=1S/C30H39F3O6/c1-19(2)30(36)38-16-15-37-27(34)5-3-4-6-28(35)39-24-13-11-21(12-14-24)20-7-9-22(10-8-20)23-17-25(31)29(33)26(32)18-23/h17-18,20-22,24H,1,3-16H2,2H3. The summed E-state index contributed by atoms with van der Waals surface area (Å²) < 4.78 is 56.0. The molecule has 39 heavy (non-hydrogen) atoms. The molecule has 3 rings (SSSR count). The van der Waals surface area contributed by atoms with Crippen molar-refractivity contribution in [3.05, 3.63) is 47.3 Å². The highest BCUT2D eigenvalue weighted by Crippen LogP contribution is 2.43. The molecule has 0 bridgehead atoms. The van der Waals surface area contributed by atoms with Crippen LogP contribution >= 0.6 is 0 Å². The van der Waals surface area contributed by atoms with Crippen LogP contribution in [0.5, 0.6) is 0 Å². The van der Waals surface area contributed by atoms with Gasteiger partial charge in [-0.2, -0.15) is 0 Å². The molecule has 2 aliphatic rings. The first-order valence-electron chi connectivity index (χ1n) is 14.0. The van der Waals surface area contributed by atoms with Gasteiger partial charge < -0.3 is 14.2 Å². The fourth-order valence-electron chi connectivity index (χ4n) is 5.68. The van der Waals surface area contributed by atoms with Gasteiger partial charge in [-0.1, -0.05) is 6.58 Å². The molecule has 0 aliphatic heterocycles. The Labute approximate surface area is 228 Å². The fourth-order valence-corrected chi connectivity index (χ4v) is 5.68. The van der Waals surface area contributed by atoms with Gasteiger partial charge >= 0.3 is 17.9 Å². The number of esters is 3. The zero-order valence-electron chi connectivity index (χ0n) is 22.7. The van der Waals surface area contributed by atoms with Crippen molar-refractivity contribution in [2.45, 2.75) is 96.0 Å². The summed E-state index contributed by atoms with van der Waals surface area (Å²) in [7, 11) is 0. The van der Waals surface area contributed by atoms with Gasteiger partial charge in [0, 0.05) is 18.4 Å². The number of benzene rings is 1. The Hall–Kier alpha value is -2.84. The molecule has 2 fully saturated rings. The van der Waals surface area contributed by atoms with Crippen molar-refractivity contribution in [3.63, 3.8) is 0 Å². The van der Waals surface area contributed by atoms with Crippen LogP contribution < -0.4 is 0 Å². The predicted octanol–water partition coefficient (Wildman–Crippen LogP) is 6.70. The van der Waals surface area contributed by atoms with E-state index in [2.05, 4.69) is 6.58 Å². The first-order valence-corrected chi connectivity index (χ1v) is 14.0. The zero-order chi connectivity index (χ0) is 28.4. The molecule has 0 amide bonds. The Morgan fingerprint density at radius 3 is 1.87 bits per heavy atom. The first kappa shape index (κ1) is 30.7. The third kappa shape index (κ3) is 9.69. The van der Waals surface area contributed by atoms with Gasteiger partial charge in [0.25, 0.3) is 0 Å². The van der Waals surface area contributed by atoms with Crippen molar-refractivity contribution in [2.75, 3.05) is 13.2 Å². The van der Waals surface area contributed by atoms with Crippen molar-refractivity contribution < 1.29 is 41.8 Å². The molecule has 1 aromatic carbocycles. The topological polar surface area (TPSA) is 78.9 Å². The number of carbonyl (C=O) groups excluding carboxylic acids is 3. The van der Waals surface area contributed by atoms with Gasteiger partial charge in [-0.15, -0.1) is 0 Å². The second-order valence-corrected chi connectivity index (χ2v) is 10.8. The molecule has 0 heterocycles. The summed E-state index contributed by atoms with van der Waals surface area (Å²) >= 11 is 0. The van der Waals surface area contributed by atoms with E-state index in [9.17, 15) is 27.6 Å². The largest absolute Gasteiger partial charge is 0.462 e. The third-order valence-corrected chi connectivity index (χ3v) is 7.87. The molecule has 6 nitrogen and oxygen atoms in total. The van der Waals surface area contributed by atoms with Crippen LogP contribution in [0.3, 0.4) is 0 Å². The van der Waals surface area contributed by atoms with E-state index in [1.165, 1.54) is 6.92 Å². The molecular formula is C30H39F3O6. The van der Waals surface area contributed by atoms with E-state index in [4.69, 9.17) is 14.2 Å². The van der Waals surface area contributed by atoms with Gasteiger partial charge in [0.2, 0.25) is 0 Å². The van der Waals surface area contributed by atoms with E-state index >= 15 is 0 Å². The van der Waals surface area contributed by atoms with Crippen LogP contribution in [0, 0.1) is 29.3 Å². The Bertz CT molecular complexity index is 987. The Balaban J connectivity index is 1.25. The van der Waals surface area contributed by atoms with Crippen molar-refractivity contribution in [1.29, 1.82) is 0 Å². The molecule has 1 aromatic rings. The monoisotopic (exact) mass is 552 g/mol. The van der Waals surface area contributed by atoms with E-state index in [0.717, 1.165) is 63.5 Å². The smallest absolute Gasteiger partial charge is 0.333 e. The van der Waals surface area contributed by atoms with E-state index in [-0.39, 0.29) is 49.6 Å². The van der Waals surface area contributed by atoms with Crippen molar-refractivity contribution >= 4 is 17.9 Å². The molecule has 0 saturated heterocycles. The highest BCUT2D eigenvalue weighted by atomic mass is 19.2. The van der Waals surface area contributed by atoms with Gasteiger partial charge in [0.15, 0.2) is 17.5 Å². The van der Waals surface area contributed by atoms with E-state index in [1.54, 1.807) is 0 Å². The number of ether oxygens (including phenoxy) is 3. The second-order valence-electron chi connectivity index (χ2n) is 10.8. The Morgan fingerprint density at radius 2 is 1.31 bits per heavy atom. The van der Waals surface area contributed by atoms with Crippen molar-refractivity contribution in [2.24, 2.45) is 11.8 Å². The molecular weight excluding hydrogens is 513 g/mol. The van der Waals surface area contributed by atoms with Crippen LogP contribution in [-0.2, 0) is 28.6 Å². The minimum Gasteiger partial charge on any atom is -0.462 e. The Kier molecular flexibility index (Phi) is 11.9. The maximum absolute atomic E-state index is 13.6. The molecule has 0 unspecified atom stereocenters. The summed E-state index contributed by atoms with van der Waals surface area (Å²) in [6.07, 6.45) is 8.62. The van der Waals surface area contributed by atoms with Crippen LogP contribution in [-0.4, -0.2) is 37.2 Å². The van der Waals surface area contributed by atoms with Crippen LogP contribution in [0.1, 0.15) is 95.5 Å². The molecule has 9 heteroatoms. The fraction of sp³-hybridized carbons (Fsp3) is 0.633. The molecule has 0 N–H and O–H groups in total. The number of rotatable bonds is 12. The van der Waals surface area contributed by atoms with E-state index in [0.29, 0.717) is 30.2 Å². The summed E-state index contributed by atoms with van der Waals surface area (Å²) in [5.74, 6) is -3.70. The van der Waals surface area contributed by atoms with Crippen LogP contribution in [0.4, 0.5) is 13.2 Å². The lowest BCUT2D eigenvalue weighted by Gasteiger charge is -2.37. The number of hydrogen-bond donors (Lipinski definition) is 0. The molecule has 216 valence electrons. The van der Waals surface area contributed by atoms with Gasteiger partial charge in [0.05, 0.1) is 0 Å². The summed E-state index contributed by atoms with van der Waals surface area (Å²) in [6, 6.07) is 2.25. The van der Waals surface area contributed by atoms with Crippen LogP contribution in [0.25, 0.3) is 0 Å². The normalized spacial score (nSPS) is 23.1. The Morgan fingerprint density at radius 1 is 0.795 bits per heavy atom.